The molecule has 0 aliphatic heterocycles. The summed E-state index contributed by atoms with van der Waals surface area (Å²) in [7, 11) is 0. The Morgan fingerprint density at radius 2 is 1.30 bits per heavy atom. The van der Waals surface area contributed by atoms with Gasteiger partial charge in [0, 0.05) is 27.4 Å². The Bertz CT molecular complexity index is 974. The summed E-state index contributed by atoms with van der Waals surface area (Å²) >= 11 is 0. The molecule has 0 bridgehead atoms. The number of aromatic nitrogens is 1. The molecule has 0 radical (unpaired) electrons. The van der Waals surface area contributed by atoms with Crippen LogP contribution < -0.4 is 0 Å². The molecule has 114 valence electrons. The Labute approximate surface area is 135 Å². The molecule has 23 heavy (non-hydrogen) atoms. The number of hydrogen-bond acceptors (Lipinski definition) is 1. The van der Waals surface area contributed by atoms with Gasteiger partial charge in [0.2, 0.25) is 0 Å². The first-order valence-electron chi connectivity index (χ1n) is 7.90. The Kier molecular flexibility index (Phi) is 3.12. The first-order valence-corrected chi connectivity index (χ1v) is 7.90. The molecule has 0 fully saturated rings. The molecule has 0 saturated carbocycles. The van der Waals surface area contributed by atoms with Crippen molar-refractivity contribution in [2.24, 2.45) is 0 Å². The number of hydrogen-bond donors (Lipinski definition) is 1. The van der Waals surface area contributed by atoms with E-state index in [4.69, 9.17) is 0 Å². The van der Waals surface area contributed by atoms with Gasteiger partial charge in [0.25, 0.3) is 0 Å². The van der Waals surface area contributed by atoms with Gasteiger partial charge in [0.15, 0.2) is 0 Å². The summed E-state index contributed by atoms with van der Waals surface area (Å²) in [6.07, 6.45) is 0. The summed E-state index contributed by atoms with van der Waals surface area (Å²) in [6, 6.07) is 20.9. The topological polar surface area (TPSA) is 25.2 Å². The average molecular weight is 301 g/mol. The molecule has 4 rings (SSSR count). The second-order valence-corrected chi connectivity index (χ2v) is 6.19. The highest BCUT2D eigenvalue weighted by atomic mass is 16.3. The summed E-state index contributed by atoms with van der Waals surface area (Å²) in [5.74, 6) is 0.370. The number of aromatic hydroxyl groups is 1. The number of para-hydroxylation sites is 2. The molecular formula is C21H19NO. The first kappa shape index (κ1) is 13.9. The van der Waals surface area contributed by atoms with Crippen molar-refractivity contribution < 1.29 is 5.11 Å². The van der Waals surface area contributed by atoms with Crippen LogP contribution in [0.1, 0.15) is 16.7 Å². The normalized spacial score (nSPS) is 11.4. The van der Waals surface area contributed by atoms with Crippen LogP contribution in [0.2, 0.25) is 0 Å². The number of aryl methyl sites for hydroxylation is 2. The highest BCUT2D eigenvalue weighted by Crippen LogP contribution is 2.31. The maximum atomic E-state index is 10.3. The van der Waals surface area contributed by atoms with Crippen LogP contribution in [-0.4, -0.2) is 9.67 Å². The molecule has 0 aliphatic rings. The van der Waals surface area contributed by atoms with E-state index in [1.165, 1.54) is 27.4 Å². The molecule has 0 amide bonds. The van der Waals surface area contributed by atoms with Gasteiger partial charge in [-0.25, -0.2) is 0 Å². The van der Waals surface area contributed by atoms with Crippen molar-refractivity contribution in [1.29, 1.82) is 0 Å². The second kappa shape index (κ2) is 5.17. The summed E-state index contributed by atoms with van der Waals surface area (Å²) in [6.45, 7) is 4.78. The molecule has 2 heteroatoms. The highest BCUT2D eigenvalue weighted by molar-refractivity contribution is 6.08. The number of rotatable bonds is 2. The third-order valence-corrected chi connectivity index (χ3v) is 4.70. The van der Waals surface area contributed by atoms with Crippen molar-refractivity contribution in [3.8, 4) is 5.75 Å². The molecule has 1 N–H and O–H groups in total. The Morgan fingerprint density at radius 1 is 0.783 bits per heavy atom. The molecule has 0 unspecified atom stereocenters. The van der Waals surface area contributed by atoms with Gasteiger partial charge in [0.05, 0.1) is 6.54 Å². The zero-order valence-corrected chi connectivity index (χ0v) is 13.4. The van der Waals surface area contributed by atoms with E-state index in [1.807, 2.05) is 13.0 Å². The zero-order chi connectivity index (χ0) is 16.0. The van der Waals surface area contributed by atoms with Crippen LogP contribution in [0.5, 0.6) is 5.75 Å². The van der Waals surface area contributed by atoms with Crippen LogP contribution in [-0.2, 0) is 6.54 Å². The van der Waals surface area contributed by atoms with Gasteiger partial charge in [-0.3, -0.25) is 0 Å². The minimum Gasteiger partial charge on any atom is -0.508 e. The van der Waals surface area contributed by atoms with Gasteiger partial charge >= 0.3 is 0 Å². The Hall–Kier alpha value is -2.74. The molecule has 1 heterocycles. The van der Waals surface area contributed by atoms with Crippen molar-refractivity contribution in [2.45, 2.75) is 20.4 Å². The van der Waals surface area contributed by atoms with Gasteiger partial charge < -0.3 is 9.67 Å². The van der Waals surface area contributed by atoms with E-state index in [0.717, 1.165) is 11.1 Å². The minimum absolute atomic E-state index is 0.370. The largest absolute Gasteiger partial charge is 0.508 e. The maximum absolute atomic E-state index is 10.3. The molecule has 0 aliphatic carbocycles. The van der Waals surface area contributed by atoms with E-state index >= 15 is 0 Å². The molecule has 2 nitrogen and oxygen atoms in total. The van der Waals surface area contributed by atoms with E-state index in [1.54, 1.807) is 0 Å². The summed E-state index contributed by atoms with van der Waals surface area (Å²) < 4.78 is 2.29. The lowest BCUT2D eigenvalue weighted by Gasteiger charge is -2.12. The highest BCUT2D eigenvalue weighted by Gasteiger charge is 2.12. The fraction of sp³-hybridized carbons (Fsp3) is 0.143. The third-order valence-electron chi connectivity index (χ3n) is 4.70. The van der Waals surface area contributed by atoms with Gasteiger partial charge in [-0.1, -0.05) is 42.5 Å². The predicted octanol–water partition coefficient (Wildman–Crippen LogP) is 5.17. The molecular weight excluding hydrogens is 282 g/mol. The lowest BCUT2D eigenvalue weighted by Crippen LogP contribution is -2.00. The van der Waals surface area contributed by atoms with Crippen LogP contribution in [0.4, 0.5) is 0 Å². The van der Waals surface area contributed by atoms with Gasteiger partial charge in [-0.2, -0.15) is 0 Å². The summed E-state index contributed by atoms with van der Waals surface area (Å²) in [5, 5.41) is 12.9. The Morgan fingerprint density at radius 3 is 1.91 bits per heavy atom. The van der Waals surface area contributed by atoms with Crippen molar-refractivity contribution in [3.05, 3.63) is 77.4 Å². The van der Waals surface area contributed by atoms with E-state index in [2.05, 4.69) is 66.1 Å². The summed E-state index contributed by atoms with van der Waals surface area (Å²) in [4.78, 5) is 0. The summed E-state index contributed by atoms with van der Waals surface area (Å²) in [5.41, 5.74) is 5.68. The van der Waals surface area contributed by atoms with Crippen LogP contribution in [0.25, 0.3) is 21.8 Å². The predicted molar refractivity (Wildman–Crippen MR) is 96.1 cm³/mol. The lowest BCUT2D eigenvalue weighted by molar-refractivity contribution is 0.466. The second-order valence-electron chi connectivity index (χ2n) is 6.19. The average Bonchev–Trinajstić information content (AvgIpc) is 2.87. The molecule has 0 saturated heterocycles. The number of phenols is 1. The third kappa shape index (κ3) is 2.18. The molecule has 1 aromatic heterocycles. The minimum atomic E-state index is 0.370. The van der Waals surface area contributed by atoms with Crippen molar-refractivity contribution in [2.75, 3.05) is 0 Å². The van der Waals surface area contributed by atoms with Crippen molar-refractivity contribution in [1.82, 2.24) is 4.57 Å². The zero-order valence-electron chi connectivity index (χ0n) is 13.4. The number of phenolic OH excluding ortho intramolecular Hbond substituents is 1. The molecule has 0 atom stereocenters. The Balaban J connectivity index is 1.96. The lowest BCUT2D eigenvalue weighted by atomic mass is 10.0. The standard InChI is InChI=1S/C21H19NO/c1-14-11-16(21(23)12-15(14)2)13-22-19-9-5-3-7-17(19)18-8-4-6-10-20(18)22/h3-12,23H,13H2,1-2H3. The first-order chi connectivity index (χ1) is 11.1. The monoisotopic (exact) mass is 301 g/mol. The smallest absolute Gasteiger partial charge is 0.120 e. The van der Waals surface area contributed by atoms with Crippen LogP contribution in [0.15, 0.2) is 60.7 Å². The van der Waals surface area contributed by atoms with Crippen LogP contribution in [0, 0.1) is 13.8 Å². The van der Waals surface area contributed by atoms with E-state index in [0.29, 0.717) is 12.3 Å². The van der Waals surface area contributed by atoms with Crippen LogP contribution in [0.3, 0.4) is 0 Å². The number of benzene rings is 3. The SMILES string of the molecule is Cc1cc(O)c(Cn2c3ccccc3c3ccccc32)cc1C. The molecule has 0 spiro atoms. The van der Waals surface area contributed by atoms with Gasteiger partial charge in [-0.15, -0.1) is 0 Å². The van der Waals surface area contributed by atoms with Crippen LogP contribution >= 0.6 is 0 Å². The molecule has 4 aromatic rings. The number of nitrogens with zero attached hydrogens (tertiary/aromatic N) is 1. The van der Waals surface area contributed by atoms with E-state index in [9.17, 15) is 5.11 Å². The van der Waals surface area contributed by atoms with Crippen molar-refractivity contribution in [3.63, 3.8) is 0 Å². The van der Waals surface area contributed by atoms with E-state index in [-0.39, 0.29) is 0 Å². The van der Waals surface area contributed by atoms with Crippen molar-refractivity contribution >= 4 is 21.8 Å². The number of fused-ring (bicyclic) bond motifs is 3. The quantitative estimate of drug-likeness (QED) is 0.543. The molecule has 3 aromatic carbocycles. The van der Waals surface area contributed by atoms with Gasteiger partial charge in [0.1, 0.15) is 5.75 Å². The fourth-order valence-corrected chi connectivity index (χ4v) is 3.33. The van der Waals surface area contributed by atoms with E-state index < -0.39 is 0 Å². The maximum Gasteiger partial charge on any atom is 0.120 e. The van der Waals surface area contributed by atoms with Gasteiger partial charge in [-0.05, 0) is 43.2 Å². The fourth-order valence-electron chi connectivity index (χ4n) is 3.33.